The lowest BCUT2D eigenvalue weighted by molar-refractivity contribution is -0.143. The van der Waals surface area contributed by atoms with Crippen LogP contribution in [0.25, 0.3) is 0 Å². The van der Waals surface area contributed by atoms with E-state index < -0.39 is 8.32 Å². The van der Waals surface area contributed by atoms with Crippen molar-refractivity contribution in [2.45, 2.75) is 70.4 Å². The van der Waals surface area contributed by atoms with Crippen molar-refractivity contribution in [1.29, 1.82) is 0 Å². The van der Waals surface area contributed by atoms with Gasteiger partial charge in [-0.05, 0) is 42.1 Å². The maximum atomic E-state index is 12.6. The molecule has 4 nitrogen and oxygen atoms in total. The number of benzene rings is 1. The first-order valence-electron chi connectivity index (χ1n) is 10.2. The van der Waals surface area contributed by atoms with Gasteiger partial charge in [-0.1, -0.05) is 51.1 Å². The van der Waals surface area contributed by atoms with Crippen molar-refractivity contribution in [3.05, 3.63) is 58.4 Å². The minimum absolute atomic E-state index is 0.00160. The number of rotatable bonds is 5. The molecule has 3 aliphatic rings. The average Bonchev–Trinajstić information content (AvgIpc) is 2.93. The van der Waals surface area contributed by atoms with Crippen molar-refractivity contribution in [2.24, 2.45) is 0 Å². The van der Waals surface area contributed by atoms with Crippen LogP contribution in [0, 0.1) is 0 Å². The lowest BCUT2D eigenvalue weighted by Gasteiger charge is -2.40. The molecule has 0 N–H and O–H groups in total. The highest BCUT2D eigenvalue weighted by Gasteiger charge is 2.50. The van der Waals surface area contributed by atoms with Crippen LogP contribution in [0.15, 0.2) is 52.8 Å². The van der Waals surface area contributed by atoms with E-state index in [0.29, 0.717) is 18.6 Å². The minimum Gasteiger partial charge on any atom is -0.546 e. The van der Waals surface area contributed by atoms with Gasteiger partial charge in [0.1, 0.15) is 18.3 Å². The number of carbonyl (C=O) groups excluding carboxylic acids is 1. The number of hydrogen-bond donors (Lipinski definition) is 0. The molecule has 3 heterocycles. The van der Waals surface area contributed by atoms with Crippen LogP contribution in [0.4, 0.5) is 0 Å². The Labute approximate surface area is 168 Å². The Morgan fingerprint density at radius 2 is 1.86 bits per heavy atom. The van der Waals surface area contributed by atoms with Gasteiger partial charge in [0.15, 0.2) is 0 Å². The first kappa shape index (κ1) is 19.5. The molecular formula is C23H30O4Si. The number of fused-ring (bicyclic) bond motifs is 1. The summed E-state index contributed by atoms with van der Waals surface area (Å²) in [5.41, 5.74) is 4.37. The summed E-state index contributed by atoms with van der Waals surface area (Å²) in [6.45, 7) is 11.4. The highest BCUT2D eigenvalue weighted by molar-refractivity contribution is 6.74. The zero-order valence-electron chi connectivity index (χ0n) is 17.5. The van der Waals surface area contributed by atoms with E-state index in [9.17, 15) is 4.79 Å². The van der Waals surface area contributed by atoms with Crippen LogP contribution in [0.3, 0.4) is 0 Å². The van der Waals surface area contributed by atoms with E-state index in [1.165, 1.54) is 11.1 Å². The number of ether oxygens (including phenoxy) is 2. The summed E-state index contributed by atoms with van der Waals surface area (Å²) in [5, 5.41) is 0.0723. The van der Waals surface area contributed by atoms with E-state index in [0.717, 1.165) is 24.2 Å². The van der Waals surface area contributed by atoms with Gasteiger partial charge >= 0.3 is 5.97 Å². The van der Waals surface area contributed by atoms with Crippen molar-refractivity contribution in [2.75, 3.05) is 6.61 Å². The molecule has 150 valence electrons. The molecule has 1 aromatic rings. The molecule has 3 aliphatic heterocycles. The van der Waals surface area contributed by atoms with Crippen molar-refractivity contribution in [3.8, 4) is 0 Å². The zero-order valence-corrected chi connectivity index (χ0v) is 18.5. The van der Waals surface area contributed by atoms with Gasteiger partial charge in [-0.3, -0.25) is 0 Å². The molecule has 0 spiro atoms. The largest absolute Gasteiger partial charge is 0.546 e. The molecule has 4 rings (SSSR count). The molecule has 0 aromatic heterocycles. The molecule has 1 saturated heterocycles. The number of esters is 1. The normalized spacial score (nSPS) is 24.5. The average molecular weight is 399 g/mol. The van der Waals surface area contributed by atoms with Crippen LogP contribution in [-0.2, 0) is 25.1 Å². The van der Waals surface area contributed by atoms with Gasteiger partial charge in [0, 0.05) is 12.0 Å². The van der Waals surface area contributed by atoms with Crippen molar-refractivity contribution in [1.82, 2.24) is 0 Å². The van der Waals surface area contributed by atoms with Gasteiger partial charge < -0.3 is 13.9 Å². The van der Waals surface area contributed by atoms with Gasteiger partial charge in [0.2, 0.25) is 8.32 Å². The lowest BCUT2D eigenvalue weighted by atomic mass is 9.95. The third-order valence-electron chi connectivity index (χ3n) is 6.64. The van der Waals surface area contributed by atoms with Crippen LogP contribution in [0.5, 0.6) is 0 Å². The quantitative estimate of drug-likeness (QED) is 0.401. The second-order valence-corrected chi connectivity index (χ2v) is 14.2. The van der Waals surface area contributed by atoms with Crippen LogP contribution >= 0.6 is 0 Å². The van der Waals surface area contributed by atoms with Gasteiger partial charge in [-0.2, -0.15) is 0 Å². The molecule has 28 heavy (non-hydrogen) atoms. The van der Waals surface area contributed by atoms with Gasteiger partial charge in [0.25, 0.3) is 0 Å². The van der Waals surface area contributed by atoms with E-state index in [1.807, 2.05) is 6.07 Å². The Bertz CT molecular complexity index is 845. The monoisotopic (exact) mass is 398 g/mol. The second kappa shape index (κ2) is 6.89. The lowest BCUT2D eigenvalue weighted by Crippen LogP contribution is -2.43. The molecule has 1 aromatic carbocycles. The highest BCUT2D eigenvalue weighted by Crippen LogP contribution is 2.47. The van der Waals surface area contributed by atoms with E-state index in [1.54, 1.807) is 0 Å². The molecule has 2 bridgehead atoms. The second-order valence-electron chi connectivity index (χ2n) is 9.52. The molecule has 2 unspecified atom stereocenters. The number of hydrogen-bond acceptors (Lipinski definition) is 4. The van der Waals surface area contributed by atoms with Gasteiger partial charge in [-0.15, -0.1) is 0 Å². The topological polar surface area (TPSA) is 44.8 Å². The van der Waals surface area contributed by atoms with Gasteiger partial charge in [-0.25, -0.2) is 4.79 Å². The fraction of sp³-hybridized carbons (Fsp3) is 0.522. The zero-order chi connectivity index (χ0) is 20.1. The summed E-state index contributed by atoms with van der Waals surface area (Å²) in [6.07, 6.45) is 2.26. The molecule has 5 heteroatoms. The van der Waals surface area contributed by atoms with E-state index in [4.69, 9.17) is 13.9 Å². The Hall–Kier alpha value is -1.85. The highest BCUT2D eigenvalue weighted by atomic mass is 28.4. The maximum Gasteiger partial charge on any atom is 0.340 e. The first-order valence-corrected chi connectivity index (χ1v) is 13.1. The number of carbonyl (C=O) groups is 1. The molecule has 1 fully saturated rings. The first-order chi connectivity index (χ1) is 13.2. The number of cyclic esters (lactones) is 1. The molecule has 2 atom stereocenters. The fourth-order valence-corrected chi connectivity index (χ4v) is 5.07. The minimum atomic E-state index is -2.04. The molecular weight excluding hydrogens is 368 g/mol. The fourth-order valence-electron chi connectivity index (χ4n) is 3.96. The molecule has 0 saturated carbocycles. The summed E-state index contributed by atoms with van der Waals surface area (Å²) in [6, 6.07) is 10.5. The van der Waals surface area contributed by atoms with E-state index in [-0.39, 0.29) is 23.2 Å². The summed E-state index contributed by atoms with van der Waals surface area (Å²) >= 11 is 0. The van der Waals surface area contributed by atoms with Crippen LogP contribution in [0.1, 0.15) is 39.2 Å². The van der Waals surface area contributed by atoms with Crippen LogP contribution in [0.2, 0.25) is 18.1 Å². The van der Waals surface area contributed by atoms with Crippen molar-refractivity contribution >= 4 is 14.3 Å². The summed E-state index contributed by atoms with van der Waals surface area (Å²) in [7, 11) is -2.04. The standard InChI is InChI=1S/C23H30O4Si/c1-23(2,3)28(4,5)27-19-13-18-16(12-11-15-9-7-6-8-10-15)17-14-25-22(24)20(19)21(17)26-18/h6-10,18,21H,11-14H2,1-5H3. The van der Waals surface area contributed by atoms with Gasteiger partial charge in [0.05, 0.1) is 11.9 Å². The van der Waals surface area contributed by atoms with Crippen LogP contribution in [-0.4, -0.2) is 33.1 Å². The summed E-state index contributed by atoms with van der Waals surface area (Å²) < 4.78 is 18.4. The predicted molar refractivity (Wildman–Crippen MR) is 111 cm³/mol. The van der Waals surface area contributed by atoms with Crippen molar-refractivity contribution in [3.63, 3.8) is 0 Å². The summed E-state index contributed by atoms with van der Waals surface area (Å²) in [5.74, 6) is 0.537. The number of aryl methyl sites for hydroxylation is 1. The Balaban J connectivity index is 1.60. The third kappa shape index (κ3) is 3.35. The summed E-state index contributed by atoms with van der Waals surface area (Å²) in [4.78, 5) is 12.6. The SMILES string of the molecule is CC(C)(C)[Si](C)(C)OC1=C2C(=O)OCC3=C(CCc4ccccc4)C(C1)OC32. The Kier molecular flexibility index (Phi) is 4.79. The van der Waals surface area contributed by atoms with E-state index >= 15 is 0 Å². The molecule has 0 amide bonds. The maximum absolute atomic E-state index is 12.6. The van der Waals surface area contributed by atoms with Crippen molar-refractivity contribution < 1.29 is 18.7 Å². The van der Waals surface area contributed by atoms with Crippen LogP contribution < -0.4 is 0 Å². The smallest absolute Gasteiger partial charge is 0.340 e. The molecule has 0 radical (unpaired) electrons. The molecule has 0 aliphatic carbocycles. The Morgan fingerprint density at radius 3 is 2.54 bits per heavy atom. The predicted octanol–water partition coefficient (Wildman–Crippen LogP) is 4.92. The van der Waals surface area contributed by atoms with E-state index in [2.05, 4.69) is 58.1 Å². The Morgan fingerprint density at radius 1 is 1.14 bits per heavy atom. The third-order valence-corrected chi connectivity index (χ3v) is 11.0.